The van der Waals surface area contributed by atoms with Crippen LogP contribution in [-0.4, -0.2) is 37.0 Å². The van der Waals surface area contributed by atoms with Crippen LogP contribution in [0.3, 0.4) is 0 Å². The highest BCUT2D eigenvalue weighted by molar-refractivity contribution is 6.16. The Labute approximate surface area is 168 Å². The van der Waals surface area contributed by atoms with Gasteiger partial charge >= 0.3 is 5.97 Å². The number of esters is 1. The molecule has 0 radical (unpaired) electrons. The van der Waals surface area contributed by atoms with E-state index in [0.29, 0.717) is 22.6 Å². The summed E-state index contributed by atoms with van der Waals surface area (Å²) in [4.78, 5) is 38.6. The number of aliphatic hydroxyl groups excluding tert-OH is 1. The van der Waals surface area contributed by atoms with Crippen molar-refractivity contribution in [1.82, 2.24) is 0 Å². The predicted octanol–water partition coefficient (Wildman–Crippen LogP) is 3.36. The first-order valence-electron chi connectivity index (χ1n) is 9.05. The van der Waals surface area contributed by atoms with Crippen LogP contribution in [0, 0.1) is 0 Å². The van der Waals surface area contributed by atoms with E-state index in [2.05, 4.69) is 0 Å². The Morgan fingerprint density at radius 3 is 2.31 bits per heavy atom. The van der Waals surface area contributed by atoms with Crippen molar-refractivity contribution >= 4 is 23.3 Å². The van der Waals surface area contributed by atoms with Gasteiger partial charge in [0.1, 0.15) is 5.75 Å². The molecule has 0 aromatic heterocycles. The molecule has 1 atom stereocenters. The van der Waals surface area contributed by atoms with Crippen molar-refractivity contribution in [2.75, 3.05) is 19.1 Å². The molecule has 1 aliphatic heterocycles. The number of hydrogen-bond donors (Lipinski definition) is 1. The number of carbonyl (C=O) groups excluding carboxylic acids is 3. The van der Waals surface area contributed by atoms with Crippen molar-refractivity contribution in [3.05, 3.63) is 71.0 Å². The average Bonchev–Trinajstić information content (AvgIpc) is 3.03. The molecule has 0 aliphatic carbocycles. The molecule has 1 aliphatic rings. The molecule has 0 saturated heterocycles. The standard InChI is InChI=1S/C22H21NO6/c1-4-16(24)18-19(15-7-5-6-8-17(15)28-2)23(21(26)20(18)25)14-11-9-13(10-12-14)22(27)29-3/h5-12,19,25H,4H2,1-3H3. The lowest BCUT2D eigenvalue weighted by atomic mass is 9.94. The number of anilines is 1. The Morgan fingerprint density at radius 1 is 1.07 bits per heavy atom. The van der Waals surface area contributed by atoms with Crippen LogP contribution >= 0.6 is 0 Å². The number of ether oxygens (including phenoxy) is 2. The minimum atomic E-state index is -0.852. The molecule has 0 bridgehead atoms. The van der Waals surface area contributed by atoms with E-state index in [0.717, 1.165) is 0 Å². The largest absolute Gasteiger partial charge is 0.503 e. The van der Waals surface area contributed by atoms with Crippen molar-refractivity contribution in [3.63, 3.8) is 0 Å². The van der Waals surface area contributed by atoms with Gasteiger partial charge < -0.3 is 14.6 Å². The SMILES string of the molecule is CCC(=O)C1=C(O)C(=O)N(c2ccc(C(=O)OC)cc2)C1c1ccccc1OC. The molecule has 1 N–H and O–H groups in total. The number of nitrogens with zero attached hydrogens (tertiary/aromatic N) is 1. The van der Waals surface area contributed by atoms with E-state index in [4.69, 9.17) is 9.47 Å². The zero-order valence-corrected chi connectivity index (χ0v) is 16.3. The third-order valence-electron chi connectivity index (χ3n) is 4.83. The van der Waals surface area contributed by atoms with Crippen molar-refractivity contribution in [3.8, 4) is 5.75 Å². The number of amides is 1. The molecule has 1 heterocycles. The number of rotatable bonds is 6. The monoisotopic (exact) mass is 395 g/mol. The number of methoxy groups -OCH3 is 2. The molecule has 2 aromatic rings. The fraction of sp³-hybridized carbons (Fsp3) is 0.227. The molecular weight excluding hydrogens is 374 g/mol. The normalized spacial score (nSPS) is 16.2. The predicted molar refractivity (Wildman–Crippen MR) is 106 cm³/mol. The summed E-state index contributed by atoms with van der Waals surface area (Å²) in [6.45, 7) is 1.67. The van der Waals surface area contributed by atoms with E-state index < -0.39 is 23.7 Å². The van der Waals surface area contributed by atoms with Crippen molar-refractivity contribution in [2.24, 2.45) is 0 Å². The maximum atomic E-state index is 12.9. The number of aliphatic hydroxyl groups is 1. The zero-order valence-electron chi connectivity index (χ0n) is 16.3. The fourth-order valence-corrected chi connectivity index (χ4v) is 3.41. The lowest BCUT2D eigenvalue weighted by Gasteiger charge is -2.28. The highest BCUT2D eigenvalue weighted by Crippen LogP contribution is 2.44. The van der Waals surface area contributed by atoms with E-state index in [9.17, 15) is 19.5 Å². The van der Waals surface area contributed by atoms with Gasteiger partial charge in [-0.05, 0) is 30.3 Å². The number of para-hydroxylation sites is 1. The zero-order chi connectivity index (χ0) is 21.1. The number of hydrogen-bond acceptors (Lipinski definition) is 6. The van der Waals surface area contributed by atoms with E-state index in [-0.39, 0.29) is 17.8 Å². The third kappa shape index (κ3) is 3.47. The lowest BCUT2D eigenvalue weighted by Crippen LogP contribution is -2.31. The van der Waals surface area contributed by atoms with Gasteiger partial charge in [-0.1, -0.05) is 25.1 Å². The molecule has 2 aromatic carbocycles. The number of benzene rings is 2. The molecule has 150 valence electrons. The topological polar surface area (TPSA) is 93.1 Å². The Hall–Kier alpha value is -3.61. The fourth-order valence-electron chi connectivity index (χ4n) is 3.41. The van der Waals surface area contributed by atoms with Crippen molar-refractivity contribution < 1.29 is 29.0 Å². The Bertz CT molecular complexity index is 993. The number of ketones is 1. The summed E-state index contributed by atoms with van der Waals surface area (Å²) >= 11 is 0. The van der Waals surface area contributed by atoms with Crippen molar-refractivity contribution in [2.45, 2.75) is 19.4 Å². The van der Waals surface area contributed by atoms with Crippen LogP contribution in [0.25, 0.3) is 0 Å². The Kier molecular flexibility index (Phi) is 5.68. The van der Waals surface area contributed by atoms with Gasteiger partial charge in [-0.15, -0.1) is 0 Å². The summed E-state index contributed by atoms with van der Waals surface area (Å²) < 4.78 is 10.1. The minimum Gasteiger partial charge on any atom is -0.503 e. The molecule has 7 heteroatoms. The maximum Gasteiger partial charge on any atom is 0.337 e. The minimum absolute atomic E-state index is 0.0269. The first-order chi connectivity index (χ1) is 13.9. The number of Topliss-reactive ketones (excluding diaryl/α,β-unsaturated/α-hetero) is 1. The molecule has 7 nitrogen and oxygen atoms in total. The molecular formula is C22H21NO6. The molecule has 29 heavy (non-hydrogen) atoms. The van der Waals surface area contributed by atoms with Gasteiger partial charge in [0.2, 0.25) is 0 Å². The first kappa shape index (κ1) is 20.1. The summed E-state index contributed by atoms with van der Waals surface area (Å²) in [7, 11) is 2.78. The van der Waals surface area contributed by atoms with Gasteiger partial charge in [0.05, 0.1) is 31.4 Å². The van der Waals surface area contributed by atoms with Crippen LogP contribution in [0.4, 0.5) is 5.69 Å². The summed E-state index contributed by atoms with van der Waals surface area (Å²) in [5, 5.41) is 10.5. The average molecular weight is 395 g/mol. The maximum absolute atomic E-state index is 12.9. The molecule has 1 amide bonds. The van der Waals surface area contributed by atoms with Gasteiger partial charge in [0.25, 0.3) is 5.91 Å². The summed E-state index contributed by atoms with van der Waals surface area (Å²) in [5.74, 6) is -1.63. The molecule has 0 spiro atoms. The lowest BCUT2D eigenvalue weighted by molar-refractivity contribution is -0.118. The van der Waals surface area contributed by atoms with Crippen LogP contribution in [0.15, 0.2) is 59.9 Å². The quantitative estimate of drug-likeness (QED) is 0.754. The van der Waals surface area contributed by atoms with Gasteiger partial charge in [0.15, 0.2) is 11.5 Å². The van der Waals surface area contributed by atoms with Gasteiger partial charge in [-0.25, -0.2) is 4.79 Å². The van der Waals surface area contributed by atoms with Crippen LogP contribution in [-0.2, 0) is 14.3 Å². The Balaban J connectivity index is 2.16. The second kappa shape index (κ2) is 8.18. The van der Waals surface area contributed by atoms with Crippen LogP contribution < -0.4 is 9.64 Å². The highest BCUT2D eigenvalue weighted by Gasteiger charge is 2.44. The van der Waals surface area contributed by atoms with E-state index in [1.54, 1.807) is 43.3 Å². The second-order valence-electron chi connectivity index (χ2n) is 6.40. The molecule has 0 saturated carbocycles. The van der Waals surface area contributed by atoms with Crippen LogP contribution in [0.5, 0.6) is 5.75 Å². The third-order valence-corrected chi connectivity index (χ3v) is 4.83. The van der Waals surface area contributed by atoms with Crippen LogP contribution in [0.1, 0.15) is 35.3 Å². The van der Waals surface area contributed by atoms with E-state index in [1.165, 1.54) is 31.3 Å². The summed E-state index contributed by atoms with van der Waals surface area (Å²) in [6.07, 6.45) is 0.132. The first-order valence-corrected chi connectivity index (χ1v) is 9.05. The van der Waals surface area contributed by atoms with Crippen molar-refractivity contribution in [1.29, 1.82) is 0 Å². The summed E-state index contributed by atoms with van der Waals surface area (Å²) in [5.41, 5.74) is 1.34. The second-order valence-corrected chi connectivity index (χ2v) is 6.40. The number of carbonyl (C=O) groups is 3. The molecule has 1 unspecified atom stereocenters. The van der Waals surface area contributed by atoms with Crippen LogP contribution in [0.2, 0.25) is 0 Å². The van der Waals surface area contributed by atoms with E-state index in [1.807, 2.05) is 0 Å². The van der Waals surface area contributed by atoms with E-state index >= 15 is 0 Å². The molecule has 3 rings (SSSR count). The Morgan fingerprint density at radius 2 is 1.72 bits per heavy atom. The smallest absolute Gasteiger partial charge is 0.337 e. The van der Waals surface area contributed by atoms with Gasteiger partial charge in [-0.3, -0.25) is 14.5 Å². The van der Waals surface area contributed by atoms with Gasteiger partial charge in [0, 0.05) is 17.7 Å². The highest BCUT2D eigenvalue weighted by atomic mass is 16.5. The van der Waals surface area contributed by atoms with Gasteiger partial charge in [-0.2, -0.15) is 0 Å². The molecule has 0 fully saturated rings. The summed E-state index contributed by atoms with van der Waals surface area (Å²) in [6, 6.07) is 12.3.